The van der Waals surface area contributed by atoms with Crippen molar-refractivity contribution in [1.29, 1.82) is 10.7 Å². The van der Waals surface area contributed by atoms with E-state index >= 15 is 0 Å². The highest BCUT2D eigenvalue weighted by Crippen LogP contribution is 2.37. The standard InChI is InChI=1S/C20H24F3N9O2/c1-2-34-15-13(10-24)14(30-18(28)31-15)19(16(25)33,7-4-8-29-17(26)27)32-12-6-3-5-11(9-12)20(21,22)23/h3,5-6,9,32H,2,4,7-8H2,1H3,(H2,25,33)(H4,26,27,29)(H2,28,30,31)/t19-/m1/s1. The van der Waals surface area contributed by atoms with Crippen molar-refractivity contribution in [2.45, 2.75) is 31.5 Å². The van der Waals surface area contributed by atoms with Crippen LogP contribution in [0, 0.1) is 16.7 Å². The summed E-state index contributed by atoms with van der Waals surface area (Å²) in [6.07, 6.45) is -4.65. The van der Waals surface area contributed by atoms with Crippen LogP contribution in [0.4, 0.5) is 24.8 Å². The lowest BCUT2D eigenvalue weighted by atomic mass is 9.85. The Labute approximate surface area is 193 Å². The zero-order chi connectivity index (χ0) is 25.5. The van der Waals surface area contributed by atoms with Crippen molar-refractivity contribution in [2.75, 3.05) is 24.2 Å². The molecule has 1 atom stereocenters. The third-order valence-corrected chi connectivity index (χ3v) is 4.70. The summed E-state index contributed by atoms with van der Waals surface area (Å²) in [5.74, 6) is -1.90. The molecule has 9 N–H and O–H groups in total. The fraction of sp³-hybridized carbons (Fsp3) is 0.350. The van der Waals surface area contributed by atoms with Gasteiger partial charge in [-0.2, -0.15) is 23.4 Å². The molecule has 34 heavy (non-hydrogen) atoms. The monoisotopic (exact) mass is 479 g/mol. The normalized spacial score (nSPS) is 12.8. The summed E-state index contributed by atoms with van der Waals surface area (Å²) < 4.78 is 45.1. The summed E-state index contributed by atoms with van der Waals surface area (Å²) in [7, 11) is 0. The number of nitrogens with one attached hydrogen (secondary N) is 3. The molecule has 1 amide bonds. The minimum atomic E-state index is -4.64. The fourth-order valence-corrected chi connectivity index (χ4v) is 3.25. The number of nitrogen functional groups attached to an aromatic ring is 1. The second-order valence-corrected chi connectivity index (χ2v) is 7.07. The molecule has 0 fully saturated rings. The largest absolute Gasteiger partial charge is 0.477 e. The maximum absolute atomic E-state index is 13.3. The summed E-state index contributed by atoms with van der Waals surface area (Å²) >= 11 is 0. The summed E-state index contributed by atoms with van der Waals surface area (Å²) in [5, 5.41) is 22.3. The number of aromatic nitrogens is 2. The first-order valence-corrected chi connectivity index (χ1v) is 9.98. The zero-order valence-electron chi connectivity index (χ0n) is 18.2. The molecule has 0 aliphatic carbocycles. The highest BCUT2D eigenvalue weighted by Gasteiger charge is 2.44. The Morgan fingerprint density at radius 1 is 1.29 bits per heavy atom. The first kappa shape index (κ1) is 26.0. The maximum Gasteiger partial charge on any atom is 0.416 e. The molecule has 0 saturated heterocycles. The highest BCUT2D eigenvalue weighted by atomic mass is 19.4. The van der Waals surface area contributed by atoms with E-state index in [9.17, 15) is 23.2 Å². The van der Waals surface area contributed by atoms with Crippen LogP contribution in [-0.4, -0.2) is 35.0 Å². The van der Waals surface area contributed by atoms with E-state index in [1.807, 2.05) is 6.07 Å². The van der Waals surface area contributed by atoms with Gasteiger partial charge in [-0.25, -0.2) is 4.98 Å². The molecule has 14 heteroatoms. The minimum absolute atomic E-state index is 0.104. The molecule has 1 heterocycles. The number of halogens is 3. The van der Waals surface area contributed by atoms with Crippen LogP contribution in [0.15, 0.2) is 24.3 Å². The molecule has 182 valence electrons. The number of hydrogen-bond donors (Lipinski definition) is 6. The third kappa shape index (κ3) is 5.94. The molecule has 0 spiro atoms. The van der Waals surface area contributed by atoms with Crippen molar-refractivity contribution in [2.24, 2.45) is 11.5 Å². The van der Waals surface area contributed by atoms with Gasteiger partial charge in [0.15, 0.2) is 11.5 Å². The average molecular weight is 479 g/mol. The fourth-order valence-electron chi connectivity index (χ4n) is 3.25. The third-order valence-electron chi connectivity index (χ3n) is 4.70. The van der Waals surface area contributed by atoms with Gasteiger partial charge in [-0.1, -0.05) is 6.07 Å². The van der Waals surface area contributed by atoms with Crippen LogP contribution in [0.5, 0.6) is 5.88 Å². The van der Waals surface area contributed by atoms with Gasteiger partial charge in [0.1, 0.15) is 17.3 Å². The summed E-state index contributed by atoms with van der Waals surface area (Å²) in [4.78, 5) is 20.8. The van der Waals surface area contributed by atoms with Crippen molar-refractivity contribution >= 4 is 23.5 Å². The van der Waals surface area contributed by atoms with Crippen molar-refractivity contribution in [1.82, 2.24) is 15.3 Å². The van der Waals surface area contributed by atoms with Crippen molar-refractivity contribution in [3.05, 3.63) is 41.1 Å². The molecule has 0 aliphatic rings. The number of rotatable bonds is 10. The van der Waals surface area contributed by atoms with Crippen LogP contribution in [0.1, 0.15) is 36.6 Å². The molecule has 0 saturated carbocycles. The number of carbonyl (C=O) groups excluding carboxylic acids is 1. The van der Waals surface area contributed by atoms with E-state index in [0.717, 1.165) is 18.2 Å². The van der Waals surface area contributed by atoms with Gasteiger partial charge < -0.3 is 32.6 Å². The Hall–Kier alpha value is -4.28. The summed E-state index contributed by atoms with van der Waals surface area (Å²) in [6.45, 7) is 1.86. The Bertz CT molecular complexity index is 1100. The van der Waals surface area contributed by atoms with Crippen LogP contribution in [0.25, 0.3) is 0 Å². The van der Waals surface area contributed by atoms with Crippen molar-refractivity contribution in [3.8, 4) is 11.9 Å². The summed E-state index contributed by atoms with van der Waals surface area (Å²) in [6, 6.07) is 5.98. The molecule has 2 rings (SSSR count). The number of ether oxygens (including phenoxy) is 1. The van der Waals surface area contributed by atoms with E-state index in [0.29, 0.717) is 0 Å². The second-order valence-electron chi connectivity index (χ2n) is 7.07. The molecule has 2 aromatic rings. The predicted octanol–water partition coefficient (Wildman–Crippen LogP) is 1.40. The number of amides is 1. The molecule has 0 aliphatic heterocycles. The van der Waals surface area contributed by atoms with E-state index in [4.69, 9.17) is 27.3 Å². The molecule has 11 nitrogen and oxygen atoms in total. The van der Waals surface area contributed by atoms with Gasteiger partial charge in [0.25, 0.3) is 0 Å². The number of hydrogen-bond acceptors (Lipinski definition) is 8. The number of anilines is 2. The van der Waals surface area contributed by atoms with Gasteiger partial charge in [0.05, 0.1) is 12.2 Å². The maximum atomic E-state index is 13.3. The topological polar surface area (TPSA) is 202 Å². The van der Waals surface area contributed by atoms with E-state index in [2.05, 4.69) is 20.6 Å². The molecular weight excluding hydrogens is 455 g/mol. The second kappa shape index (κ2) is 10.6. The van der Waals surface area contributed by atoms with Gasteiger partial charge in [-0.15, -0.1) is 0 Å². The van der Waals surface area contributed by atoms with Crippen LogP contribution in [0.3, 0.4) is 0 Å². The Kier molecular flexibility index (Phi) is 8.07. The number of nitriles is 1. The van der Waals surface area contributed by atoms with E-state index < -0.39 is 23.2 Å². The number of carbonyl (C=O) groups is 1. The number of alkyl halides is 3. The van der Waals surface area contributed by atoms with E-state index in [1.54, 1.807) is 6.92 Å². The van der Waals surface area contributed by atoms with Crippen LogP contribution in [-0.2, 0) is 16.5 Å². The summed E-state index contributed by atoms with van der Waals surface area (Å²) in [5.41, 5.74) is 13.2. The Balaban J connectivity index is 2.70. The molecule has 0 radical (unpaired) electrons. The van der Waals surface area contributed by atoms with Gasteiger partial charge >= 0.3 is 6.18 Å². The lowest BCUT2D eigenvalue weighted by Crippen LogP contribution is -2.49. The Morgan fingerprint density at radius 3 is 2.56 bits per heavy atom. The van der Waals surface area contributed by atoms with Crippen LogP contribution >= 0.6 is 0 Å². The lowest BCUT2D eigenvalue weighted by Gasteiger charge is -2.33. The van der Waals surface area contributed by atoms with Gasteiger partial charge in [-0.3, -0.25) is 10.2 Å². The first-order chi connectivity index (χ1) is 15.9. The van der Waals surface area contributed by atoms with Gasteiger partial charge in [0, 0.05) is 12.2 Å². The van der Waals surface area contributed by atoms with Crippen LogP contribution < -0.4 is 32.6 Å². The number of benzene rings is 1. The number of primary amides is 1. The molecule has 0 bridgehead atoms. The van der Waals surface area contributed by atoms with Gasteiger partial charge in [0.2, 0.25) is 17.7 Å². The van der Waals surface area contributed by atoms with Crippen molar-refractivity contribution in [3.63, 3.8) is 0 Å². The quantitative estimate of drug-likeness (QED) is 0.165. The lowest BCUT2D eigenvalue weighted by molar-refractivity contribution is -0.137. The van der Waals surface area contributed by atoms with Gasteiger partial charge in [-0.05, 0) is 38.0 Å². The predicted molar refractivity (Wildman–Crippen MR) is 117 cm³/mol. The smallest absolute Gasteiger partial charge is 0.416 e. The van der Waals surface area contributed by atoms with E-state index in [-0.39, 0.29) is 60.7 Å². The van der Waals surface area contributed by atoms with E-state index in [1.165, 1.54) is 6.07 Å². The molecule has 1 aromatic carbocycles. The number of nitrogens with two attached hydrogens (primary N) is 3. The Morgan fingerprint density at radius 2 is 2.00 bits per heavy atom. The molecular formula is C20H24F3N9O2. The number of nitrogens with zero attached hydrogens (tertiary/aromatic N) is 3. The highest BCUT2D eigenvalue weighted by molar-refractivity contribution is 5.90. The SMILES string of the molecule is CCOc1nc(N)nc([C@@](CCCNC(=N)N)(Nc2cccc(C(F)(F)F)c2)C(N)=O)c1C#N. The van der Waals surface area contributed by atoms with Crippen LogP contribution in [0.2, 0.25) is 0 Å². The first-order valence-electron chi connectivity index (χ1n) is 9.98. The molecule has 0 unspecified atom stereocenters. The molecule has 1 aromatic heterocycles. The zero-order valence-corrected chi connectivity index (χ0v) is 18.2. The number of guanidine groups is 1. The minimum Gasteiger partial charge on any atom is -0.477 e. The average Bonchev–Trinajstić information content (AvgIpc) is 2.75. The van der Waals surface area contributed by atoms with Crippen molar-refractivity contribution < 1.29 is 22.7 Å².